The van der Waals surface area contributed by atoms with Crippen molar-refractivity contribution < 1.29 is 17.9 Å². The third kappa shape index (κ3) is 7.87. The van der Waals surface area contributed by atoms with Crippen molar-refractivity contribution >= 4 is 15.9 Å². The van der Waals surface area contributed by atoms with Crippen molar-refractivity contribution in [3.8, 4) is 5.75 Å². The Morgan fingerprint density at radius 1 is 1.07 bits per heavy atom. The van der Waals surface area contributed by atoms with Crippen molar-refractivity contribution in [2.75, 3.05) is 19.9 Å². The van der Waals surface area contributed by atoms with Crippen LogP contribution in [0.4, 0.5) is 0 Å². The number of ether oxygens (including phenoxy) is 1. The molecule has 0 unspecified atom stereocenters. The van der Waals surface area contributed by atoms with E-state index in [4.69, 9.17) is 4.74 Å². The molecule has 0 aliphatic heterocycles. The molecule has 0 aromatic heterocycles. The van der Waals surface area contributed by atoms with Crippen LogP contribution in [-0.2, 0) is 21.4 Å². The highest BCUT2D eigenvalue weighted by molar-refractivity contribution is 7.88. The number of carbonyl (C=O) groups is 1. The predicted octanol–water partition coefficient (Wildman–Crippen LogP) is 3.36. The molecule has 0 saturated heterocycles. The maximum absolute atomic E-state index is 12.4. The van der Waals surface area contributed by atoms with E-state index in [1.807, 2.05) is 30.3 Å². The van der Waals surface area contributed by atoms with E-state index in [1.54, 1.807) is 24.3 Å². The maximum Gasteiger partial charge on any atom is 0.258 e. The quantitative estimate of drug-likeness (QED) is 0.642. The minimum absolute atomic E-state index is 0.0544. The predicted molar refractivity (Wildman–Crippen MR) is 115 cm³/mol. The van der Waals surface area contributed by atoms with Gasteiger partial charge in [0, 0.05) is 13.6 Å². The summed E-state index contributed by atoms with van der Waals surface area (Å²) in [4.78, 5) is 12.4. The number of carbonyl (C=O) groups excluding carboxylic acids is 1. The minimum Gasteiger partial charge on any atom is -0.484 e. The zero-order chi connectivity index (χ0) is 21.4. The fourth-order valence-electron chi connectivity index (χ4n) is 2.89. The highest BCUT2D eigenvalue weighted by atomic mass is 32.2. The van der Waals surface area contributed by atoms with Crippen LogP contribution >= 0.6 is 0 Å². The van der Waals surface area contributed by atoms with Crippen LogP contribution < -0.4 is 10.1 Å². The third-order valence-corrected chi connectivity index (χ3v) is 5.77. The van der Waals surface area contributed by atoms with Crippen LogP contribution in [0.2, 0.25) is 0 Å². The van der Waals surface area contributed by atoms with Crippen molar-refractivity contribution in [2.24, 2.45) is 5.92 Å². The average molecular weight is 419 g/mol. The van der Waals surface area contributed by atoms with E-state index in [-0.39, 0.29) is 25.1 Å². The summed E-state index contributed by atoms with van der Waals surface area (Å²) in [5.74, 6) is 0.824. The van der Waals surface area contributed by atoms with Gasteiger partial charge >= 0.3 is 0 Å². The van der Waals surface area contributed by atoms with Crippen LogP contribution in [0.1, 0.15) is 37.4 Å². The second-order valence-corrected chi connectivity index (χ2v) is 9.70. The third-order valence-electron chi connectivity index (χ3n) is 4.51. The molecule has 6 nitrogen and oxygen atoms in total. The van der Waals surface area contributed by atoms with Gasteiger partial charge in [-0.2, -0.15) is 0 Å². The Morgan fingerprint density at radius 2 is 1.69 bits per heavy atom. The molecule has 29 heavy (non-hydrogen) atoms. The summed E-state index contributed by atoms with van der Waals surface area (Å²) >= 11 is 0. The van der Waals surface area contributed by atoms with Gasteiger partial charge in [-0.05, 0) is 35.6 Å². The summed E-state index contributed by atoms with van der Waals surface area (Å²) in [6.07, 6.45) is 2.02. The molecule has 0 fully saturated rings. The van der Waals surface area contributed by atoms with Gasteiger partial charge < -0.3 is 10.1 Å². The SMILES string of the molecule is CC(C)C[C@H](NC(=O)COc1ccc(CN(C)S(C)(=O)=O)cc1)c1ccccc1. The summed E-state index contributed by atoms with van der Waals surface area (Å²) in [6.45, 7) is 4.46. The lowest BCUT2D eigenvalue weighted by Gasteiger charge is -2.21. The van der Waals surface area contributed by atoms with Gasteiger partial charge in [0.25, 0.3) is 5.91 Å². The highest BCUT2D eigenvalue weighted by Crippen LogP contribution is 2.21. The second-order valence-electron chi connectivity index (χ2n) is 7.61. The number of hydrogen-bond donors (Lipinski definition) is 1. The van der Waals surface area contributed by atoms with Crippen molar-refractivity contribution in [3.05, 3.63) is 65.7 Å². The summed E-state index contributed by atoms with van der Waals surface area (Å²) in [5, 5.41) is 3.05. The molecule has 1 amide bonds. The summed E-state index contributed by atoms with van der Waals surface area (Å²) in [7, 11) is -1.69. The maximum atomic E-state index is 12.4. The van der Waals surface area contributed by atoms with Crippen LogP contribution in [0, 0.1) is 5.92 Å². The molecule has 0 heterocycles. The molecule has 2 aromatic carbocycles. The van der Waals surface area contributed by atoms with Crippen LogP contribution in [0.15, 0.2) is 54.6 Å². The van der Waals surface area contributed by atoms with Crippen LogP contribution in [0.25, 0.3) is 0 Å². The Hall–Kier alpha value is -2.38. The number of benzene rings is 2. The number of amides is 1. The van der Waals surface area contributed by atoms with E-state index in [2.05, 4.69) is 19.2 Å². The number of hydrogen-bond acceptors (Lipinski definition) is 4. The number of nitrogens with zero attached hydrogens (tertiary/aromatic N) is 1. The molecule has 0 aliphatic carbocycles. The first-order valence-electron chi connectivity index (χ1n) is 9.62. The van der Waals surface area contributed by atoms with Gasteiger partial charge in [0.15, 0.2) is 6.61 Å². The highest BCUT2D eigenvalue weighted by Gasteiger charge is 2.16. The fraction of sp³-hybridized carbons (Fsp3) is 0.409. The molecular weight excluding hydrogens is 388 g/mol. The van der Waals surface area contributed by atoms with Gasteiger partial charge in [-0.25, -0.2) is 12.7 Å². The molecule has 2 aromatic rings. The Balaban J connectivity index is 1.90. The number of rotatable bonds is 10. The van der Waals surface area contributed by atoms with Gasteiger partial charge in [0.1, 0.15) is 5.75 Å². The topological polar surface area (TPSA) is 75.7 Å². The molecule has 0 radical (unpaired) electrons. The minimum atomic E-state index is -3.23. The molecule has 0 bridgehead atoms. The van der Waals surface area contributed by atoms with Crippen LogP contribution in [0.3, 0.4) is 0 Å². The van der Waals surface area contributed by atoms with E-state index in [0.717, 1.165) is 17.5 Å². The van der Waals surface area contributed by atoms with Gasteiger partial charge in [-0.3, -0.25) is 4.79 Å². The molecule has 0 aliphatic rings. The van der Waals surface area contributed by atoms with E-state index in [1.165, 1.54) is 17.6 Å². The van der Waals surface area contributed by atoms with E-state index >= 15 is 0 Å². The first kappa shape index (κ1) is 22.9. The molecule has 2 rings (SSSR count). The van der Waals surface area contributed by atoms with E-state index in [9.17, 15) is 13.2 Å². The second kappa shape index (κ2) is 10.4. The summed E-state index contributed by atoms with van der Waals surface area (Å²) in [5.41, 5.74) is 1.92. The first-order chi connectivity index (χ1) is 13.6. The number of sulfonamides is 1. The lowest BCUT2D eigenvalue weighted by atomic mass is 9.97. The van der Waals surface area contributed by atoms with Gasteiger partial charge in [-0.1, -0.05) is 56.3 Å². The first-order valence-corrected chi connectivity index (χ1v) is 11.5. The van der Waals surface area contributed by atoms with Crippen molar-refractivity contribution in [2.45, 2.75) is 32.9 Å². The lowest BCUT2D eigenvalue weighted by molar-refractivity contribution is -0.124. The zero-order valence-corrected chi connectivity index (χ0v) is 18.3. The largest absolute Gasteiger partial charge is 0.484 e. The Morgan fingerprint density at radius 3 is 2.24 bits per heavy atom. The molecule has 0 saturated carbocycles. The van der Waals surface area contributed by atoms with Crippen molar-refractivity contribution in [1.29, 1.82) is 0 Å². The molecule has 1 N–H and O–H groups in total. The van der Waals surface area contributed by atoms with Crippen molar-refractivity contribution in [3.63, 3.8) is 0 Å². The van der Waals surface area contributed by atoms with Crippen LogP contribution in [-0.4, -0.2) is 38.5 Å². The van der Waals surface area contributed by atoms with Crippen molar-refractivity contribution in [1.82, 2.24) is 9.62 Å². The number of nitrogens with one attached hydrogen (secondary N) is 1. The molecular formula is C22H30N2O4S. The fourth-order valence-corrected chi connectivity index (χ4v) is 3.27. The van der Waals surface area contributed by atoms with E-state index in [0.29, 0.717) is 11.7 Å². The van der Waals surface area contributed by atoms with Gasteiger partial charge in [-0.15, -0.1) is 0 Å². The zero-order valence-electron chi connectivity index (χ0n) is 17.5. The Kier molecular flexibility index (Phi) is 8.22. The monoisotopic (exact) mass is 418 g/mol. The summed E-state index contributed by atoms with van der Waals surface area (Å²) in [6, 6.07) is 16.9. The van der Waals surface area contributed by atoms with Gasteiger partial charge in [0.05, 0.1) is 12.3 Å². The Labute approximate surface area is 173 Å². The normalized spacial score (nSPS) is 12.8. The smallest absolute Gasteiger partial charge is 0.258 e. The lowest BCUT2D eigenvalue weighted by Crippen LogP contribution is -2.33. The molecule has 158 valence electrons. The standard InChI is InChI=1S/C22H30N2O4S/c1-17(2)14-21(19-8-6-5-7-9-19)23-22(25)16-28-20-12-10-18(11-13-20)15-24(3)29(4,26)27/h5-13,17,21H,14-16H2,1-4H3,(H,23,25)/t21-/m0/s1. The summed E-state index contributed by atoms with van der Waals surface area (Å²) < 4.78 is 29.9. The van der Waals surface area contributed by atoms with Crippen LogP contribution in [0.5, 0.6) is 5.75 Å². The van der Waals surface area contributed by atoms with E-state index < -0.39 is 10.0 Å². The Bertz CT molecular complexity index is 881. The molecule has 7 heteroatoms. The average Bonchev–Trinajstić information content (AvgIpc) is 2.66. The van der Waals surface area contributed by atoms with Gasteiger partial charge in [0.2, 0.25) is 10.0 Å². The molecule has 1 atom stereocenters. The molecule has 0 spiro atoms.